The molecular formula is C18H18FNO4. The van der Waals surface area contributed by atoms with Crippen molar-refractivity contribution in [1.82, 2.24) is 0 Å². The molecular weight excluding hydrogens is 313 g/mol. The average molecular weight is 331 g/mol. The van der Waals surface area contributed by atoms with Crippen molar-refractivity contribution in [3.8, 4) is 5.75 Å². The highest BCUT2D eigenvalue weighted by Gasteiger charge is 2.10. The molecule has 24 heavy (non-hydrogen) atoms. The highest BCUT2D eigenvalue weighted by atomic mass is 19.1. The molecule has 0 heterocycles. The van der Waals surface area contributed by atoms with Gasteiger partial charge in [0.05, 0.1) is 0 Å². The number of amides is 1. The van der Waals surface area contributed by atoms with Gasteiger partial charge in [-0.2, -0.15) is 0 Å². The monoisotopic (exact) mass is 331 g/mol. The minimum atomic E-state index is -0.663. The second kappa shape index (κ2) is 8.10. The van der Waals surface area contributed by atoms with Crippen LogP contribution in [0.15, 0.2) is 42.5 Å². The second-order valence-corrected chi connectivity index (χ2v) is 5.23. The minimum absolute atomic E-state index is 0.294. The molecule has 2 rings (SSSR count). The maximum absolute atomic E-state index is 13.4. The molecule has 0 spiro atoms. The van der Waals surface area contributed by atoms with E-state index >= 15 is 0 Å². The van der Waals surface area contributed by atoms with Crippen molar-refractivity contribution in [2.75, 3.05) is 18.5 Å². The Bertz CT molecular complexity index is 746. The fourth-order valence-electron chi connectivity index (χ4n) is 1.91. The molecule has 1 amide bonds. The lowest BCUT2D eigenvalue weighted by Gasteiger charge is -2.09. The molecule has 6 heteroatoms. The third-order valence-corrected chi connectivity index (χ3v) is 3.26. The molecule has 0 radical (unpaired) electrons. The predicted molar refractivity (Wildman–Crippen MR) is 87.4 cm³/mol. The van der Waals surface area contributed by atoms with Crippen molar-refractivity contribution in [3.63, 3.8) is 0 Å². The van der Waals surface area contributed by atoms with Crippen LogP contribution in [-0.2, 0) is 14.3 Å². The van der Waals surface area contributed by atoms with Crippen LogP contribution in [0.4, 0.5) is 10.1 Å². The Morgan fingerprint density at radius 1 is 1.04 bits per heavy atom. The molecule has 2 aromatic carbocycles. The molecule has 0 aliphatic carbocycles. The second-order valence-electron chi connectivity index (χ2n) is 5.23. The number of esters is 1. The molecule has 0 bridgehead atoms. The number of nitrogens with one attached hydrogen (secondary N) is 1. The Labute approximate surface area is 139 Å². The summed E-state index contributed by atoms with van der Waals surface area (Å²) in [6.45, 7) is 2.72. The van der Waals surface area contributed by atoms with Crippen molar-refractivity contribution in [3.05, 3.63) is 59.4 Å². The lowest BCUT2D eigenvalue weighted by atomic mass is 10.2. The number of halogens is 1. The number of carbonyl (C=O) groups excluding carboxylic acids is 2. The summed E-state index contributed by atoms with van der Waals surface area (Å²) in [6.07, 6.45) is 0. The molecule has 0 unspecified atom stereocenters. The first-order chi connectivity index (χ1) is 11.5. The molecule has 0 atom stereocenters. The number of para-hydroxylation sites is 1. The van der Waals surface area contributed by atoms with Gasteiger partial charge in [0.25, 0.3) is 5.91 Å². The van der Waals surface area contributed by atoms with E-state index in [9.17, 15) is 14.0 Å². The normalized spacial score (nSPS) is 10.1. The summed E-state index contributed by atoms with van der Waals surface area (Å²) in [5.74, 6) is -1.06. The van der Waals surface area contributed by atoms with Crippen molar-refractivity contribution < 1.29 is 23.5 Å². The van der Waals surface area contributed by atoms with Gasteiger partial charge < -0.3 is 14.8 Å². The summed E-state index contributed by atoms with van der Waals surface area (Å²) in [5.41, 5.74) is 1.67. The Hall–Kier alpha value is -2.89. The molecule has 2 aromatic rings. The number of rotatable bonds is 6. The van der Waals surface area contributed by atoms with Crippen molar-refractivity contribution in [1.29, 1.82) is 0 Å². The lowest BCUT2D eigenvalue weighted by molar-refractivity contribution is -0.149. The number of hydrogen-bond acceptors (Lipinski definition) is 4. The van der Waals surface area contributed by atoms with Gasteiger partial charge in [0.1, 0.15) is 11.6 Å². The molecule has 0 fully saturated rings. The van der Waals surface area contributed by atoms with Crippen LogP contribution in [0, 0.1) is 19.7 Å². The van der Waals surface area contributed by atoms with Crippen LogP contribution < -0.4 is 10.1 Å². The number of ether oxygens (including phenoxy) is 2. The number of anilines is 1. The quantitative estimate of drug-likeness (QED) is 0.827. The van der Waals surface area contributed by atoms with Crippen LogP contribution >= 0.6 is 0 Å². The van der Waals surface area contributed by atoms with E-state index in [-0.39, 0.29) is 6.61 Å². The van der Waals surface area contributed by atoms with E-state index in [1.165, 1.54) is 6.07 Å². The zero-order valence-electron chi connectivity index (χ0n) is 13.5. The molecule has 126 valence electrons. The Morgan fingerprint density at radius 3 is 2.50 bits per heavy atom. The fourth-order valence-corrected chi connectivity index (χ4v) is 1.91. The molecule has 1 N–H and O–H groups in total. The first kappa shape index (κ1) is 17.5. The van der Waals surface area contributed by atoms with E-state index in [0.29, 0.717) is 17.0 Å². The maximum Gasteiger partial charge on any atom is 0.344 e. The summed E-state index contributed by atoms with van der Waals surface area (Å²) in [4.78, 5) is 23.3. The average Bonchev–Trinajstić information content (AvgIpc) is 2.55. The largest absolute Gasteiger partial charge is 0.482 e. The molecule has 0 aliphatic heterocycles. The topological polar surface area (TPSA) is 64.6 Å². The van der Waals surface area contributed by atoms with Crippen LogP contribution in [0.5, 0.6) is 5.75 Å². The van der Waals surface area contributed by atoms with Gasteiger partial charge in [-0.05, 0) is 43.2 Å². The summed E-state index contributed by atoms with van der Waals surface area (Å²) < 4.78 is 23.5. The number of aryl methyl sites for hydroxylation is 2. The molecule has 0 saturated heterocycles. The van der Waals surface area contributed by atoms with Gasteiger partial charge in [0.15, 0.2) is 13.2 Å². The summed E-state index contributed by atoms with van der Waals surface area (Å²) in [6, 6.07) is 11.6. The minimum Gasteiger partial charge on any atom is -0.482 e. The maximum atomic E-state index is 13.4. The first-order valence-electron chi connectivity index (χ1n) is 7.36. The van der Waals surface area contributed by atoms with Gasteiger partial charge in [0.2, 0.25) is 0 Å². The number of hydrogen-bond donors (Lipinski definition) is 1. The van der Waals surface area contributed by atoms with Crippen LogP contribution in [-0.4, -0.2) is 25.1 Å². The Kier molecular flexibility index (Phi) is 5.89. The highest BCUT2D eigenvalue weighted by Crippen LogP contribution is 2.16. The standard InChI is InChI=1S/C18H18FNO4/c1-12-7-8-14(9-15(12)19)20-17(21)10-24-18(22)11-23-16-6-4-3-5-13(16)2/h3-9H,10-11H2,1-2H3,(H,20,21). The van der Waals surface area contributed by atoms with E-state index < -0.39 is 24.3 Å². The van der Waals surface area contributed by atoms with Gasteiger partial charge >= 0.3 is 5.97 Å². The van der Waals surface area contributed by atoms with Gasteiger partial charge in [-0.1, -0.05) is 24.3 Å². The zero-order valence-corrected chi connectivity index (χ0v) is 13.5. The van der Waals surface area contributed by atoms with Crippen LogP contribution in [0.2, 0.25) is 0 Å². The van der Waals surface area contributed by atoms with Gasteiger partial charge in [-0.15, -0.1) is 0 Å². The molecule has 0 saturated carbocycles. The van der Waals surface area contributed by atoms with Crippen LogP contribution in [0.25, 0.3) is 0 Å². The number of carbonyl (C=O) groups is 2. The van der Waals surface area contributed by atoms with Crippen LogP contribution in [0.1, 0.15) is 11.1 Å². The Morgan fingerprint density at radius 2 is 1.79 bits per heavy atom. The fraction of sp³-hybridized carbons (Fsp3) is 0.222. The summed E-state index contributed by atoms with van der Waals surface area (Å²) in [5, 5.41) is 2.45. The van der Waals surface area contributed by atoms with E-state index in [1.54, 1.807) is 31.2 Å². The Balaban J connectivity index is 1.76. The molecule has 5 nitrogen and oxygen atoms in total. The van der Waals surface area contributed by atoms with Crippen molar-refractivity contribution in [2.24, 2.45) is 0 Å². The zero-order chi connectivity index (χ0) is 17.5. The van der Waals surface area contributed by atoms with E-state index in [2.05, 4.69) is 5.32 Å². The first-order valence-corrected chi connectivity index (χ1v) is 7.36. The van der Waals surface area contributed by atoms with E-state index in [1.807, 2.05) is 19.1 Å². The van der Waals surface area contributed by atoms with E-state index in [0.717, 1.165) is 5.56 Å². The van der Waals surface area contributed by atoms with E-state index in [4.69, 9.17) is 9.47 Å². The van der Waals surface area contributed by atoms with Gasteiger partial charge in [-0.3, -0.25) is 4.79 Å². The van der Waals surface area contributed by atoms with Crippen molar-refractivity contribution in [2.45, 2.75) is 13.8 Å². The smallest absolute Gasteiger partial charge is 0.344 e. The van der Waals surface area contributed by atoms with Gasteiger partial charge in [-0.25, -0.2) is 9.18 Å². The SMILES string of the molecule is Cc1ccc(NC(=O)COC(=O)COc2ccccc2C)cc1F. The predicted octanol–water partition coefficient (Wildman–Crippen LogP) is 3.00. The van der Waals surface area contributed by atoms with Gasteiger partial charge in [0, 0.05) is 5.69 Å². The molecule has 0 aromatic heterocycles. The molecule has 0 aliphatic rings. The van der Waals surface area contributed by atoms with Crippen LogP contribution in [0.3, 0.4) is 0 Å². The summed E-state index contributed by atoms with van der Waals surface area (Å²) >= 11 is 0. The highest BCUT2D eigenvalue weighted by molar-refractivity contribution is 5.92. The summed E-state index contributed by atoms with van der Waals surface area (Å²) in [7, 11) is 0. The third-order valence-electron chi connectivity index (χ3n) is 3.26. The lowest BCUT2D eigenvalue weighted by Crippen LogP contribution is -2.23. The number of benzene rings is 2. The van der Waals surface area contributed by atoms with Crippen molar-refractivity contribution >= 4 is 17.6 Å². The third kappa shape index (κ3) is 5.08.